The molecule has 4 aliphatic carbocycles. The van der Waals surface area contributed by atoms with Gasteiger partial charge in [0.15, 0.2) is 11.6 Å². The van der Waals surface area contributed by atoms with Crippen LogP contribution in [0.3, 0.4) is 0 Å². The molecule has 1 aromatic rings. The molecule has 4 atom stereocenters. The Labute approximate surface area is 215 Å². The Bertz CT molecular complexity index is 1330. The number of Topliss-reactive ketones (excluding diaryl/α,β-unsaturated/α-hetero) is 1. The molecule has 1 N–H and O–H groups in total. The Morgan fingerprint density at radius 1 is 1.00 bits per heavy atom. The zero-order chi connectivity index (χ0) is 26.0. The van der Waals surface area contributed by atoms with Crippen LogP contribution < -0.4 is 4.74 Å². The highest BCUT2D eigenvalue weighted by atomic mass is 16.5. The fourth-order valence-corrected chi connectivity index (χ4v) is 7.42. The summed E-state index contributed by atoms with van der Waals surface area (Å²) >= 11 is 0. The molecule has 1 aromatic carbocycles. The van der Waals surface area contributed by atoms with Crippen molar-refractivity contribution in [2.75, 3.05) is 7.11 Å². The Kier molecular flexibility index (Phi) is 5.70. The monoisotopic (exact) mass is 501 g/mol. The van der Waals surface area contributed by atoms with E-state index in [1.165, 1.54) is 18.1 Å². The van der Waals surface area contributed by atoms with Gasteiger partial charge < -0.3 is 9.84 Å². The van der Waals surface area contributed by atoms with E-state index in [1.54, 1.807) is 25.1 Å². The van der Waals surface area contributed by atoms with Crippen molar-refractivity contribution in [3.8, 4) is 11.5 Å². The van der Waals surface area contributed by atoms with Crippen LogP contribution in [0.5, 0.6) is 11.5 Å². The highest BCUT2D eigenvalue weighted by molar-refractivity contribution is 6.24. The molecule has 5 aliphatic rings. The van der Waals surface area contributed by atoms with Crippen molar-refractivity contribution >= 4 is 23.4 Å². The summed E-state index contributed by atoms with van der Waals surface area (Å²) < 4.78 is 5.60. The number of rotatable bonds is 3. The van der Waals surface area contributed by atoms with Crippen molar-refractivity contribution in [2.24, 2.45) is 17.8 Å². The minimum atomic E-state index is -0.724. The zero-order valence-electron chi connectivity index (χ0n) is 21.2. The summed E-state index contributed by atoms with van der Waals surface area (Å²) in [5, 5.41) is 11.0. The second-order valence-corrected chi connectivity index (χ2v) is 11.0. The van der Waals surface area contributed by atoms with E-state index in [9.17, 15) is 24.3 Å². The topological polar surface area (TPSA) is 101 Å². The summed E-state index contributed by atoms with van der Waals surface area (Å²) in [4.78, 5) is 55.8. The number of amides is 2. The number of fused-ring (bicyclic) bond motifs is 3. The third-order valence-electron chi connectivity index (χ3n) is 9.09. The van der Waals surface area contributed by atoms with E-state index >= 15 is 0 Å². The normalized spacial score (nSPS) is 30.1. The Morgan fingerprint density at radius 2 is 1.76 bits per heavy atom. The summed E-state index contributed by atoms with van der Waals surface area (Å²) in [5.74, 6) is -2.51. The molecular formula is C30H31NO6. The number of carbonyl (C=O) groups is 4. The summed E-state index contributed by atoms with van der Waals surface area (Å²) in [5.41, 5.74) is 2.33. The number of phenolic OH excluding ortho intramolecular Hbond substituents is 1. The van der Waals surface area contributed by atoms with E-state index in [-0.39, 0.29) is 41.6 Å². The Hall–Kier alpha value is -3.48. The van der Waals surface area contributed by atoms with Crippen LogP contribution in [0, 0.1) is 17.8 Å². The molecular weight excluding hydrogens is 470 g/mol. The van der Waals surface area contributed by atoms with Gasteiger partial charge in [-0.3, -0.25) is 24.1 Å². The average Bonchev–Trinajstić information content (AvgIpc) is 3.16. The smallest absolute Gasteiger partial charge is 0.233 e. The van der Waals surface area contributed by atoms with Crippen molar-refractivity contribution < 1.29 is 29.0 Å². The molecule has 1 saturated carbocycles. The molecule has 0 unspecified atom stereocenters. The predicted octanol–water partition coefficient (Wildman–Crippen LogP) is 4.16. The highest BCUT2D eigenvalue weighted by Gasteiger charge is 2.57. The fraction of sp³-hybridized carbons (Fsp3) is 0.467. The van der Waals surface area contributed by atoms with E-state index < -0.39 is 23.7 Å². The minimum Gasteiger partial charge on any atom is -0.507 e. The largest absolute Gasteiger partial charge is 0.507 e. The molecule has 0 spiro atoms. The SMILES string of the molecule is COc1cccc(O)c1[C@H]1C2=CC[C@@H]3C(=O)N(C4CCCCC4)C(=O)[C@@H]3[C@@H]2CC2=C1C(=O)C(C)=CC2=O. The molecule has 1 saturated heterocycles. The van der Waals surface area contributed by atoms with Gasteiger partial charge in [0, 0.05) is 34.2 Å². The van der Waals surface area contributed by atoms with Crippen LogP contribution in [0.4, 0.5) is 0 Å². The first-order valence-corrected chi connectivity index (χ1v) is 13.3. The minimum absolute atomic E-state index is 0.0371. The molecule has 0 radical (unpaired) electrons. The fourth-order valence-electron chi connectivity index (χ4n) is 7.42. The summed E-state index contributed by atoms with van der Waals surface area (Å²) in [6.07, 6.45) is 8.81. The first-order chi connectivity index (χ1) is 17.8. The number of imide groups is 1. The number of carbonyl (C=O) groups excluding carboxylic acids is 4. The summed E-state index contributed by atoms with van der Waals surface area (Å²) in [7, 11) is 1.50. The predicted molar refractivity (Wildman–Crippen MR) is 135 cm³/mol. The lowest BCUT2D eigenvalue weighted by Gasteiger charge is -2.42. The molecule has 2 fully saturated rings. The van der Waals surface area contributed by atoms with Crippen LogP contribution in [-0.4, -0.2) is 46.5 Å². The number of nitrogens with zero attached hydrogens (tertiary/aromatic N) is 1. The maximum absolute atomic E-state index is 13.9. The Morgan fingerprint density at radius 3 is 2.49 bits per heavy atom. The van der Waals surface area contributed by atoms with Crippen LogP contribution in [0.1, 0.15) is 63.4 Å². The van der Waals surface area contributed by atoms with Gasteiger partial charge >= 0.3 is 0 Å². The average molecular weight is 502 g/mol. The van der Waals surface area contributed by atoms with Gasteiger partial charge in [0.1, 0.15) is 11.5 Å². The van der Waals surface area contributed by atoms with Crippen molar-refractivity contribution in [3.05, 3.63) is 58.2 Å². The number of ether oxygens (including phenoxy) is 1. The second kappa shape index (κ2) is 8.82. The standard InChI is InChI=1S/C30H31NO6/c1-15-13-22(33)20-14-19-17(25(26(20)28(15)34)27-21(32)9-6-10-23(27)37-2)11-12-18-24(19)30(36)31(29(18)35)16-7-4-3-5-8-16/h6,9-11,13,16,18-19,24-25,32H,3-5,7-8,12,14H2,1-2H3/t18-,19+,24-,25-/m0/s1. The van der Waals surface area contributed by atoms with E-state index in [0.29, 0.717) is 34.5 Å². The summed E-state index contributed by atoms with van der Waals surface area (Å²) in [6.45, 7) is 1.63. The lowest BCUT2D eigenvalue weighted by Crippen LogP contribution is -2.43. The molecule has 37 heavy (non-hydrogen) atoms. The molecule has 0 aromatic heterocycles. The third kappa shape index (κ3) is 3.46. The molecule has 6 rings (SSSR count). The van der Waals surface area contributed by atoms with E-state index in [1.807, 2.05) is 6.08 Å². The Balaban J connectivity index is 1.50. The first-order valence-electron chi connectivity index (χ1n) is 13.3. The number of hydrogen-bond acceptors (Lipinski definition) is 6. The number of likely N-dealkylation sites (tertiary alicyclic amines) is 1. The van der Waals surface area contributed by atoms with Crippen LogP contribution in [0.15, 0.2) is 52.6 Å². The van der Waals surface area contributed by atoms with E-state index in [2.05, 4.69) is 0 Å². The van der Waals surface area contributed by atoms with Gasteiger partial charge in [-0.15, -0.1) is 0 Å². The van der Waals surface area contributed by atoms with Gasteiger partial charge in [-0.1, -0.05) is 37.0 Å². The number of allylic oxidation sites excluding steroid dienone is 6. The van der Waals surface area contributed by atoms with Crippen molar-refractivity contribution in [1.82, 2.24) is 4.90 Å². The van der Waals surface area contributed by atoms with Crippen molar-refractivity contribution in [1.29, 1.82) is 0 Å². The molecule has 1 heterocycles. The number of aromatic hydroxyl groups is 1. The molecule has 1 aliphatic heterocycles. The molecule has 2 amide bonds. The van der Waals surface area contributed by atoms with Crippen LogP contribution >= 0.6 is 0 Å². The number of hydrogen-bond donors (Lipinski definition) is 1. The van der Waals surface area contributed by atoms with Crippen molar-refractivity contribution in [3.63, 3.8) is 0 Å². The lowest BCUT2D eigenvalue weighted by atomic mass is 9.59. The number of phenols is 1. The third-order valence-corrected chi connectivity index (χ3v) is 9.09. The number of benzene rings is 1. The van der Waals surface area contributed by atoms with Gasteiger partial charge in [-0.05, 0) is 56.7 Å². The maximum atomic E-state index is 13.9. The summed E-state index contributed by atoms with van der Waals surface area (Å²) in [6, 6.07) is 4.87. The van der Waals surface area contributed by atoms with Gasteiger partial charge in [0.2, 0.25) is 11.8 Å². The lowest BCUT2D eigenvalue weighted by molar-refractivity contribution is -0.143. The molecule has 0 bridgehead atoms. The maximum Gasteiger partial charge on any atom is 0.233 e. The first kappa shape index (κ1) is 23.9. The van der Waals surface area contributed by atoms with Crippen LogP contribution in [0.25, 0.3) is 0 Å². The van der Waals surface area contributed by atoms with Crippen LogP contribution in [0.2, 0.25) is 0 Å². The highest BCUT2D eigenvalue weighted by Crippen LogP contribution is 2.57. The van der Waals surface area contributed by atoms with Gasteiger partial charge in [0.05, 0.1) is 18.9 Å². The zero-order valence-corrected chi connectivity index (χ0v) is 21.2. The van der Waals surface area contributed by atoms with Gasteiger partial charge in [0.25, 0.3) is 0 Å². The van der Waals surface area contributed by atoms with Gasteiger partial charge in [-0.25, -0.2) is 0 Å². The number of ketones is 2. The quantitative estimate of drug-likeness (QED) is 0.379. The molecule has 7 heteroatoms. The second-order valence-electron chi connectivity index (χ2n) is 11.0. The number of methoxy groups -OCH3 is 1. The molecule has 192 valence electrons. The van der Waals surface area contributed by atoms with E-state index in [4.69, 9.17) is 4.74 Å². The van der Waals surface area contributed by atoms with E-state index in [0.717, 1.165) is 37.7 Å². The molecule has 7 nitrogen and oxygen atoms in total. The van der Waals surface area contributed by atoms with Crippen LogP contribution in [-0.2, 0) is 19.2 Å². The van der Waals surface area contributed by atoms with Crippen molar-refractivity contribution in [2.45, 2.75) is 63.8 Å². The van der Waals surface area contributed by atoms with Gasteiger partial charge in [-0.2, -0.15) is 0 Å².